The second kappa shape index (κ2) is 10.2. The fraction of sp³-hybridized carbons (Fsp3) is 0.375. The molecule has 0 saturated carbocycles. The van der Waals surface area contributed by atoms with Crippen molar-refractivity contribution in [3.05, 3.63) is 47.8 Å². The number of benzene rings is 2. The second-order valence-electron chi connectivity index (χ2n) is 7.69. The molecular formula is C24H29N3O6. The van der Waals surface area contributed by atoms with Crippen LogP contribution in [-0.2, 0) is 16.1 Å². The van der Waals surface area contributed by atoms with E-state index in [1.807, 2.05) is 24.3 Å². The molecular weight excluding hydrogens is 426 g/mol. The molecule has 0 saturated heterocycles. The summed E-state index contributed by atoms with van der Waals surface area (Å²) in [5.74, 6) is 0.951. The van der Waals surface area contributed by atoms with Gasteiger partial charge in [-0.3, -0.25) is 9.59 Å². The van der Waals surface area contributed by atoms with Crippen LogP contribution in [0.3, 0.4) is 0 Å². The lowest BCUT2D eigenvalue weighted by Gasteiger charge is -2.18. The van der Waals surface area contributed by atoms with Crippen LogP contribution in [0, 0.1) is 0 Å². The molecule has 1 unspecified atom stereocenters. The minimum atomic E-state index is -0.504. The Morgan fingerprint density at radius 1 is 1.00 bits per heavy atom. The predicted molar refractivity (Wildman–Crippen MR) is 123 cm³/mol. The Morgan fingerprint density at radius 2 is 1.64 bits per heavy atom. The lowest BCUT2D eigenvalue weighted by Crippen LogP contribution is -2.29. The van der Waals surface area contributed by atoms with Crippen LogP contribution in [0.5, 0.6) is 17.2 Å². The van der Waals surface area contributed by atoms with Crippen LogP contribution in [0.25, 0.3) is 11.0 Å². The summed E-state index contributed by atoms with van der Waals surface area (Å²) in [7, 11) is 4.47. The zero-order valence-electron chi connectivity index (χ0n) is 19.7. The van der Waals surface area contributed by atoms with Gasteiger partial charge in [-0.2, -0.15) is 0 Å². The normalized spacial score (nSPS) is 11.8. The number of aromatic nitrogens is 2. The first kappa shape index (κ1) is 23.9. The SMILES string of the molecule is COc1cc(C(=O)NC(C)c2nc3ccccc3n2CC(=O)OC(C)C)cc(OC)c1OC. The fourth-order valence-corrected chi connectivity index (χ4v) is 3.58. The van der Waals surface area contributed by atoms with Gasteiger partial charge in [0, 0.05) is 5.56 Å². The number of rotatable bonds is 9. The van der Waals surface area contributed by atoms with Crippen molar-refractivity contribution in [2.75, 3.05) is 21.3 Å². The summed E-state index contributed by atoms with van der Waals surface area (Å²) in [5, 5.41) is 2.94. The molecule has 0 aliphatic rings. The number of ether oxygens (including phenoxy) is 4. The lowest BCUT2D eigenvalue weighted by atomic mass is 10.1. The molecule has 0 aliphatic heterocycles. The molecule has 176 valence electrons. The second-order valence-corrected chi connectivity index (χ2v) is 7.69. The average molecular weight is 456 g/mol. The Morgan fingerprint density at radius 3 is 2.21 bits per heavy atom. The van der Waals surface area contributed by atoms with Crippen molar-refractivity contribution in [1.29, 1.82) is 0 Å². The van der Waals surface area contributed by atoms with E-state index in [1.165, 1.54) is 21.3 Å². The summed E-state index contributed by atoms with van der Waals surface area (Å²) >= 11 is 0. The van der Waals surface area contributed by atoms with Crippen LogP contribution < -0.4 is 19.5 Å². The lowest BCUT2D eigenvalue weighted by molar-refractivity contribution is -0.148. The summed E-state index contributed by atoms with van der Waals surface area (Å²) in [6.45, 7) is 5.38. The zero-order chi connectivity index (χ0) is 24.1. The van der Waals surface area contributed by atoms with Crippen LogP contribution in [-0.4, -0.2) is 48.9 Å². The number of amides is 1. The maximum absolute atomic E-state index is 13.1. The molecule has 3 aromatic rings. The first-order valence-electron chi connectivity index (χ1n) is 10.5. The van der Waals surface area contributed by atoms with E-state index in [9.17, 15) is 9.59 Å². The molecule has 1 amide bonds. The van der Waals surface area contributed by atoms with Gasteiger partial charge in [0.15, 0.2) is 11.5 Å². The molecule has 2 aromatic carbocycles. The Labute approximate surface area is 192 Å². The van der Waals surface area contributed by atoms with E-state index in [-0.39, 0.29) is 24.5 Å². The highest BCUT2D eigenvalue weighted by Gasteiger charge is 2.23. The number of nitrogens with zero attached hydrogens (tertiary/aromatic N) is 2. The largest absolute Gasteiger partial charge is 0.493 e. The van der Waals surface area contributed by atoms with Gasteiger partial charge in [0.1, 0.15) is 12.4 Å². The standard InChI is InChI=1S/C24H29N3O6/c1-14(2)33-21(28)13-27-18-10-8-7-9-17(18)26-23(27)15(3)25-24(29)16-11-19(30-4)22(32-6)20(12-16)31-5/h7-12,14-15H,13H2,1-6H3,(H,25,29). The maximum Gasteiger partial charge on any atom is 0.326 e. The monoisotopic (exact) mass is 455 g/mol. The number of methoxy groups -OCH3 is 3. The molecule has 1 N–H and O–H groups in total. The van der Waals surface area contributed by atoms with E-state index in [0.29, 0.717) is 28.6 Å². The van der Waals surface area contributed by atoms with Gasteiger partial charge >= 0.3 is 5.97 Å². The van der Waals surface area contributed by atoms with Gasteiger partial charge in [0.25, 0.3) is 5.91 Å². The highest BCUT2D eigenvalue weighted by atomic mass is 16.5. The van der Waals surface area contributed by atoms with Gasteiger partial charge in [-0.05, 0) is 45.0 Å². The average Bonchev–Trinajstić information content (AvgIpc) is 3.15. The van der Waals surface area contributed by atoms with Crippen molar-refractivity contribution in [3.8, 4) is 17.2 Å². The Kier molecular flexibility index (Phi) is 7.42. The van der Waals surface area contributed by atoms with Gasteiger partial charge in [0.05, 0.1) is 44.5 Å². The Bertz CT molecular complexity index is 1130. The van der Waals surface area contributed by atoms with Gasteiger partial charge in [0.2, 0.25) is 5.75 Å². The molecule has 33 heavy (non-hydrogen) atoms. The van der Waals surface area contributed by atoms with Crippen molar-refractivity contribution in [3.63, 3.8) is 0 Å². The summed E-state index contributed by atoms with van der Waals surface area (Å²) in [6, 6.07) is 10.1. The van der Waals surface area contributed by atoms with Crippen molar-refractivity contribution in [1.82, 2.24) is 14.9 Å². The topological polar surface area (TPSA) is 101 Å². The molecule has 9 nitrogen and oxygen atoms in total. The van der Waals surface area contributed by atoms with Crippen LogP contribution in [0.2, 0.25) is 0 Å². The van der Waals surface area contributed by atoms with Crippen LogP contribution >= 0.6 is 0 Å². The van der Waals surface area contributed by atoms with Crippen molar-refractivity contribution < 1.29 is 28.5 Å². The molecule has 1 aromatic heterocycles. The summed E-state index contributed by atoms with van der Waals surface area (Å²) in [5.41, 5.74) is 1.83. The number of carbonyl (C=O) groups excluding carboxylic acids is 2. The van der Waals surface area contributed by atoms with E-state index in [0.717, 1.165) is 11.0 Å². The fourth-order valence-electron chi connectivity index (χ4n) is 3.58. The van der Waals surface area contributed by atoms with Gasteiger partial charge in [-0.1, -0.05) is 12.1 Å². The highest BCUT2D eigenvalue weighted by molar-refractivity contribution is 5.96. The molecule has 0 fully saturated rings. The number of imidazole rings is 1. The summed E-state index contributed by atoms with van der Waals surface area (Å²) in [4.78, 5) is 30.1. The van der Waals surface area contributed by atoms with E-state index in [4.69, 9.17) is 18.9 Å². The number of hydrogen-bond acceptors (Lipinski definition) is 7. The quantitative estimate of drug-likeness (QED) is 0.493. The van der Waals surface area contributed by atoms with Crippen LogP contribution in [0.15, 0.2) is 36.4 Å². The van der Waals surface area contributed by atoms with E-state index in [2.05, 4.69) is 10.3 Å². The van der Waals surface area contributed by atoms with Gasteiger partial charge in [-0.15, -0.1) is 0 Å². The molecule has 1 atom stereocenters. The first-order chi connectivity index (χ1) is 15.8. The minimum absolute atomic E-state index is 0.0155. The smallest absolute Gasteiger partial charge is 0.326 e. The minimum Gasteiger partial charge on any atom is -0.493 e. The molecule has 3 rings (SSSR count). The number of carbonyl (C=O) groups is 2. The third-order valence-corrected chi connectivity index (χ3v) is 5.00. The Hall–Kier alpha value is -3.75. The molecule has 1 heterocycles. The van der Waals surface area contributed by atoms with Crippen LogP contribution in [0.1, 0.15) is 43.0 Å². The number of hydrogen-bond donors (Lipinski definition) is 1. The van der Waals surface area contributed by atoms with Gasteiger partial charge in [-0.25, -0.2) is 4.98 Å². The first-order valence-corrected chi connectivity index (χ1v) is 10.5. The molecule has 0 spiro atoms. The summed E-state index contributed by atoms with van der Waals surface area (Å²) < 4.78 is 23.1. The molecule has 0 bridgehead atoms. The van der Waals surface area contributed by atoms with Crippen molar-refractivity contribution >= 4 is 22.9 Å². The molecule has 0 aliphatic carbocycles. The molecule has 0 radical (unpaired) electrons. The highest BCUT2D eigenvalue weighted by Crippen LogP contribution is 2.38. The van der Waals surface area contributed by atoms with E-state index < -0.39 is 6.04 Å². The molecule has 9 heteroatoms. The van der Waals surface area contributed by atoms with Crippen molar-refractivity contribution in [2.45, 2.75) is 39.5 Å². The maximum atomic E-state index is 13.1. The number of esters is 1. The predicted octanol–water partition coefficient (Wildman–Crippen LogP) is 3.50. The third kappa shape index (κ3) is 5.19. The van der Waals surface area contributed by atoms with E-state index >= 15 is 0 Å². The van der Waals surface area contributed by atoms with Gasteiger partial charge < -0.3 is 28.8 Å². The Balaban J connectivity index is 1.92. The van der Waals surface area contributed by atoms with Crippen LogP contribution in [0.4, 0.5) is 0 Å². The summed E-state index contributed by atoms with van der Waals surface area (Å²) in [6.07, 6.45) is -0.229. The van der Waals surface area contributed by atoms with E-state index in [1.54, 1.807) is 37.5 Å². The number of para-hydroxylation sites is 2. The third-order valence-electron chi connectivity index (χ3n) is 5.00. The number of fused-ring (bicyclic) bond motifs is 1. The van der Waals surface area contributed by atoms with Crippen molar-refractivity contribution in [2.24, 2.45) is 0 Å². The number of nitrogens with one attached hydrogen (secondary N) is 1. The zero-order valence-corrected chi connectivity index (χ0v) is 19.7.